The minimum absolute atomic E-state index is 0.0170. The summed E-state index contributed by atoms with van der Waals surface area (Å²) in [5, 5.41) is 0. The van der Waals surface area contributed by atoms with Crippen molar-refractivity contribution >= 4 is 5.91 Å². The number of methoxy groups -OCH3 is 1. The molecule has 1 fully saturated rings. The smallest absolute Gasteiger partial charge is 0.239 e. The molecule has 4 heteroatoms. The van der Waals surface area contributed by atoms with E-state index in [1.54, 1.807) is 14.0 Å². The van der Waals surface area contributed by atoms with Crippen molar-refractivity contribution in [3.05, 3.63) is 29.8 Å². The van der Waals surface area contributed by atoms with Crippen molar-refractivity contribution in [1.29, 1.82) is 0 Å². The van der Waals surface area contributed by atoms with Crippen molar-refractivity contribution in [2.75, 3.05) is 13.7 Å². The zero-order valence-corrected chi connectivity index (χ0v) is 10.9. The van der Waals surface area contributed by atoms with Crippen LogP contribution in [0.25, 0.3) is 0 Å². The average molecular weight is 248 g/mol. The monoisotopic (exact) mass is 248 g/mol. The number of carbonyl (C=O) groups excluding carboxylic acids is 1. The van der Waals surface area contributed by atoms with E-state index in [4.69, 9.17) is 10.5 Å². The molecule has 0 aliphatic carbocycles. The van der Waals surface area contributed by atoms with Gasteiger partial charge in [-0.1, -0.05) is 18.2 Å². The molecule has 1 aromatic carbocycles. The predicted molar refractivity (Wildman–Crippen MR) is 70.3 cm³/mol. The van der Waals surface area contributed by atoms with Crippen molar-refractivity contribution in [3.8, 4) is 5.75 Å². The molecule has 1 aliphatic rings. The van der Waals surface area contributed by atoms with Crippen LogP contribution in [0, 0.1) is 0 Å². The van der Waals surface area contributed by atoms with E-state index in [0.29, 0.717) is 0 Å². The second kappa shape index (κ2) is 5.40. The van der Waals surface area contributed by atoms with E-state index >= 15 is 0 Å². The number of likely N-dealkylation sites (tertiary alicyclic amines) is 1. The van der Waals surface area contributed by atoms with Crippen LogP contribution in [-0.2, 0) is 4.79 Å². The number of nitrogens with two attached hydrogens (primary N) is 1. The summed E-state index contributed by atoms with van der Waals surface area (Å²) in [5.41, 5.74) is 6.78. The third-order valence-electron chi connectivity index (χ3n) is 3.42. The van der Waals surface area contributed by atoms with Gasteiger partial charge in [0, 0.05) is 12.1 Å². The molecule has 0 aromatic heterocycles. The first kappa shape index (κ1) is 12.9. The molecule has 2 rings (SSSR count). The van der Waals surface area contributed by atoms with Crippen LogP contribution in [0.3, 0.4) is 0 Å². The number of ether oxygens (including phenoxy) is 1. The van der Waals surface area contributed by atoms with Crippen molar-refractivity contribution in [2.45, 2.75) is 31.8 Å². The number of para-hydroxylation sites is 1. The molecule has 2 N–H and O–H groups in total. The molecule has 0 bridgehead atoms. The van der Waals surface area contributed by atoms with Gasteiger partial charge in [0.2, 0.25) is 5.91 Å². The molecule has 1 aromatic rings. The summed E-state index contributed by atoms with van der Waals surface area (Å²) < 4.78 is 5.38. The number of carbonyl (C=O) groups is 1. The zero-order chi connectivity index (χ0) is 13.1. The van der Waals surface area contributed by atoms with Crippen LogP contribution in [0.4, 0.5) is 0 Å². The summed E-state index contributed by atoms with van der Waals surface area (Å²) in [6.45, 7) is 2.52. The molecule has 1 aliphatic heterocycles. The lowest BCUT2D eigenvalue weighted by Gasteiger charge is -2.27. The summed E-state index contributed by atoms with van der Waals surface area (Å²) in [6, 6.07) is 7.53. The minimum Gasteiger partial charge on any atom is -0.496 e. The van der Waals surface area contributed by atoms with Crippen molar-refractivity contribution in [3.63, 3.8) is 0 Å². The Labute approximate surface area is 108 Å². The second-order valence-electron chi connectivity index (χ2n) is 4.72. The summed E-state index contributed by atoms with van der Waals surface area (Å²) in [4.78, 5) is 14.0. The summed E-state index contributed by atoms with van der Waals surface area (Å²) in [5.74, 6) is 0.857. The van der Waals surface area contributed by atoms with Crippen LogP contribution in [0.15, 0.2) is 24.3 Å². The fourth-order valence-corrected chi connectivity index (χ4v) is 2.56. The molecule has 2 unspecified atom stereocenters. The molecule has 98 valence electrons. The van der Waals surface area contributed by atoms with E-state index in [2.05, 4.69) is 0 Å². The van der Waals surface area contributed by atoms with Crippen LogP contribution in [0.5, 0.6) is 5.75 Å². The molecule has 18 heavy (non-hydrogen) atoms. The molecule has 2 atom stereocenters. The lowest BCUT2D eigenvalue weighted by Crippen LogP contribution is -2.41. The topological polar surface area (TPSA) is 55.6 Å². The second-order valence-corrected chi connectivity index (χ2v) is 4.72. The molecular formula is C14H20N2O2. The Morgan fingerprint density at radius 3 is 2.89 bits per heavy atom. The SMILES string of the molecule is COc1ccccc1C1CCCN1C(=O)C(C)N. The van der Waals surface area contributed by atoms with Gasteiger partial charge >= 0.3 is 0 Å². The largest absolute Gasteiger partial charge is 0.496 e. The molecule has 4 nitrogen and oxygen atoms in total. The van der Waals surface area contributed by atoms with Gasteiger partial charge in [-0.05, 0) is 25.8 Å². The summed E-state index contributed by atoms with van der Waals surface area (Å²) >= 11 is 0. The standard InChI is InChI=1S/C14H20N2O2/c1-10(15)14(17)16-9-5-7-12(16)11-6-3-4-8-13(11)18-2/h3-4,6,8,10,12H,5,7,9,15H2,1-2H3. The van der Waals surface area contributed by atoms with Crippen LogP contribution in [0.1, 0.15) is 31.4 Å². The van der Waals surface area contributed by atoms with E-state index in [0.717, 1.165) is 30.7 Å². The normalized spacial score (nSPS) is 20.8. The molecule has 0 saturated carbocycles. The highest BCUT2D eigenvalue weighted by Gasteiger charge is 2.32. The molecule has 1 heterocycles. The Hall–Kier alpha value is -1.55. The molecule has 0 radical (unpaired) electrons. The fourth-order valence-electron chi connectivity index (χ4n) is 2.56. The van der Waals surface area contributed by atoms with E-state index in [1.165, 1.54) is 0 Å². The highest BCUT2D eigenvalue weighted by atomic mass is 16.5. The Kier molecular flexibility index (Phi) is 3.87. The molecule has 1 saturated heterocycles. The zero-order valence-electron chi connectivity index (χ0n) is 10.9. The van der Waals surface area contributed by atoms with Crippen LogP contribution < -0.4 is 10.5 Å². The number of benzene rings is 1. The van der Waals surface area contributed by atoms with Gasteiger partial charge in [-0.2, -0.15) is 0 Å². The Bertz CT molecular complexity index is 432. The fraction of sp³-hybridized carbons (Fsp3) is 0.500. The van der Waals surface area contributed by atoms with Gasteiger partial charge in [0.25, 0.3) is 0 Å². The van der Waals surface area contributed by atoms with Gasteiger partial charge in [0.05, 0.1) is 19.2 Å². The van der Waals surface area contributed by atoms with E-state index in [9.17, 15) is 4.79 Å². The van der Waals surface area contributed by atoms with Crippen LogP contribution >= 0.6 is 0 Å². The maximum atomic E-state index is 12.1. The maximum Gasteiger partial charge on any atom is 0.239 e. The van der Waals surface area contributed by atoms with Gasteiger partial charge in [0.1, 0.15) is 5.75 Å². The number of hydrogen-bond donors (Lipinski definition) is 1. The van der Waals surface area contributed by atoms with Gasteiger partial charge in [-0.3, -0.25) is 4.79 Å². The number of hydrogen-bond acceptors (Lipinski definition) is 3. The van der Waals surface area contributed by atoms with E-state index < -0.39 is 6.04 Å². The van der Waals surface area contributed by atoms with Crippen molar-refractivity contribution in [1.82, 2.24) is 4.90 Å². The van der Waals surface area contributed by atoms with Gasteiger partial charge in [-0.15, -0.1) is 0 Å². The third-order valence-corrected chi connectivity index (χ3v) is 3.42. The third kappa shape index (κ3) is 2.34. The molecular weight excluding hydrogens is 228 g/mol. The first-order valence-electron chi connectivity index (χ1n) is 6.34. The lowest BCUT2D eigenvalue weighted by molar-refractivity contribution is -0.133. The van der Waals surface area contributed by atoms with E-state index in [-0.39, 0.29) is 11.9 Å². The number of amides is 1. The van der Waals surface area contributed by atoms with Crippen LogP contribution in [-0.4, -0.2) is 30.5 Å². The first-order valence-corrected chi connectivity index (χ1v) is 6.34. The summed E-state index contributed by atoms with van der Waals surface area (Å²) in [7, 11) is 1.66. The number of nitrogens with zero attached hydrogens (tertiary/aromatic N) is 1. The van der Waals surface area contributed by atoms with Gasteiger partial charge in [-0.25, -0.2) is 0 Å². The minimum atomic E-state index is -0.444. The van der Waals surface area contributed by atoms with Gasteiger partial charge in [0.15, 0.2) is 0 Å². The van der Waals surface area contributed by atoms with E-state index in [1.807, 2.05) is 29.2 Å². The Morgan fingerprint density at radius 1 is 1.50 bits per heavy atom. The van der Waals surface area contributed by atoms with Gasteiger partial charge < -0.3 is 15.4 Å². The Balaban J connectivity index is 2.29. The first-order chi connectivity index (χ1) is 8.65. The molecule has 1 amide bonds. The predicted octanol–water partition coefficient (Wildman–Crippen LogP) is 1.71. The van der Waals surface area contributed by atoms with Crippen molar-refractivity contribution < 1.29 is 9.53 Å². The quantitative estimate of drug-likeness (QED) is 0.886. The highest BCUT2D eigenvalue weighted by Crippen LogP contribution is 2.36. The maximum absolute atomic E-state index is 12.1. The molecule has 0 spiro atoms. The average Bonchev–Trinajstić information content (AvgIpc) is 2.86. The number of rotatable bonds is 3. The highest BCUT2D eigenvalue weighted by molar-refractivity contribution is 5.82. The van der Waals surface area contributed by atoms with Crippen LogP contribution in [0.2, 0.25) is 0 Å². The lowest BCUT2D eigenvalue weighted by atomic mass is 10.0. The summed E-state index contributed by atoms with van der Waals surface area (Å²) in [6.07, 6.45) is 1.99. The van der Waals surface area contributed by atoms with Crippen molar-refractivity contribution in [2.24, 2.45) is 5.73 Å². The Morgan fingerprint density at radius 2 is 2.22 bits per heavy atom.